The van der Waals surface area contributed by atoms with Gasteiger partial charge in [0.25, 0.3) is 5.91 Å². The van der Waals surface area contributed by atoms with Gasteiger partial charge in [0.1, 0.15) is 5.75 Å². The molecule has 0 aliphatic rings. The first-order valence-electron chi connectivity index (χ1n) is 8.74. The number of nitrogens with one attached hydrogen (secondary N) is 1. The van der Waals surface area contributed by atoms with Crippen LogP contribution in [0, 0.1) is 13.8 Å². The van der Waals surface area contributed by atoms with Crippen molar-refractivity contribution in [1.82, 2.24) is 5.32 Å². The van der Waals surface area contributed by atoms with E-state index in [1.165, 1.54) is 5.69 Å². The maximum atomic E-state index is 12.2. The second kappa shape index (κ2) is 9.11. The third-order valence-corrected chi connectivity index (χ3v) is 4.04. The molecule has 0 saturated heterocycles. The molecule has 0 bridgehead atoms. The highest BCUT2D eigenvalue weighted by molar-refractivity contribution is 5.80. The molecule has 1 N–H and O–H groups in total. The molecule has 0 aliphatic carbocycles. The SMILES string of the molecule is Cc1cc(C)cc(O[C@@H](C)C(=O)NCCCN(C)c2ccccc2)c1. The fraction of sp³-hybridized carbons (Fsp3) is 0.381. The molecule has 1 amide bonds. The Kier molecular flexibility index (Phi) is 6.87. The van der Waals surface area contributed by atoms with E-state index in [2.05, 4.69) is 35.5 Å². The molecule has 0 radical (unpaired) electrons. The Bertz CT molecular complexity index is 665. The van der Waals surface area contributed by atoms with Crippen LogP contribution >= 0.6 is 0 Å². The number of anilines is 1. The van der Waals surface area contributed by atoms with Crippen LogP contribution in [0.2, 0.25) is 0 Å². The highest BCUT2D eigenvalue weighted by Crippen LogP contribution is 2.17. The summed E-state index contributed by atoms with van der Waals surface area (Å²) in [5.74, 6) is 0.658. The number of aryl methyl sites for hydroxylation is 2. The van der Waals surface area contributed by atoms with Crippen molar-refractivity contribution in [2.75, 3.05) is 25.0 Å². The summed E-state index contributed by atoms with van der Waals surface area (Å²) in [7, 11) is 2.06. The van der Waals surface area contributed by atoms with Crippen molar-refractivity contribution in [2.45, 2.75) is 33.3 Å². The number of para-hydroxylation sites is 1. The minimum Gasteiger partial charge on any atom is -0.481 e. The summed E-state index contributed by atoms with van der Waals surface area (Å²) in [6.45, 7) is 7.35. The summed E-state index contributed by atoms with van der Waals surface area (Å²) in [6, 6.07) is 16.2. The summed E-state index contributed by atoms with van der Waals surface area (Å²) in [6.07, 6.45) is 0.376. The summed E-state index contributed by atoms with van der Waals surface area (Å²) in [5.41, 5.74) is 3.44. The van der Waals surface area contributed by atoms with Gasteiger partial charge in [-0.15, -0.1) is 0 Å². The van der Waals surface area contributed by atoms with Gasteiger partial charge in [-0.05, 0) is 62.6 Å². The van der Waals surface area contributed by atoms with Crippen LogP contribution in [0.15, 0.2) is 48.5 Å². The van der Waals surface area contributed by atoms with Gasteiger partial charge in [-0.2, -0.15) is 0 Å². The number of hydrogen-bond acceptors (Lipinski definition) is 3. The molecule has 4 heteroatoms. The number of rotatable bonds is 8. The lowest BCUT2D eigenvalue weighted by atomic mass is 10.1. The van der Waals surface area contributed by atoms with Crippen molar-refractivity contribution >= 4 is 11.6 Å². The van der Waals surface area contributed by atoms with Crippen LogP contribution in [-0.2, 0) is 4.79 Å². The smallest absolute Gasteiger partial charge is 0.260 e. The van der Waals surface area contributed by atoms with E-state index >= 15 is 0 Å². The van der Waals surface area contributed by atoms with Gasteiger partial charge in [0.15, 0.2) is 6.10 Å². The number of hydrogen-bond donors (Lipinski definition) is 1. The topological polar surface area (TPSA) is 41.6 Å². The van der Waals surface area contributed by atoms with Crippen LogP contribution in [0.3, 0.4) is 0 Å². The van der Waals surface area contributed by atoms with Gasteiger partial charge in [0, 0.05) is 25.8 Å². The average molecular weight is 340 g/mol. The van der Waals surface area contributed by atoms with Crippen LogP contribution in [0.4, 0.5) is 5.69 Å². The van der Waals surface area contributed by atoms with E-state index < -0.39 is 6.10 Å². The minimum absolute atomic E-state index is 0.0819. The zero-order valence-corrected chi connectivity index (χ0v) is 15.6. The molecule has 2 aromatic rings. The molecule has 0 fully saturated rings. The van der Waals surface area contributed by atoms with E-state index in [0.717, 1.165) is 29.8 Å². The number of carbonyl (C=O) groups is 1. The quantitative estimate of drug-likeness (QED) is 0.745. The Hall–Kier alpha value is -2.49. The molecule has 0 saturated carbocycles. The summed E-state index contributed by atoms with van der Waals surface area (Å²) in [5, 5.41) is 2.95. The predicted octanol–water partition coefficient (Wildman–Crippen LogP) is 3.71. The number of ether oxygens (including phenoxy) is 1. The molecule has 2 aromatic carbocycles. The zero-order chi connectivity index (χ0) is 18.2. The van der Waals surface area contributed by atoms with Gasteiger partial charge < -0.3 is 15.0 Å². The molecule has 0 heterocycles. The lowest BCUT2D eigenvalue weighted by molar-refractivity contribution is -0.127. The maximum absolute atomic E-state index is 12.2. The average Bonchev–Trinajstić information content (AvgIpc) is 2.58. The van der Waals surface area contributed by atoms with Gasteiger partial charge >= 0.3 is 0 Å². The Morgan fingerprint density at radius 1 is 1.12 bits per heavy atom. The monoisotopic (exact) mass is 340 g/mol. The number of amides is 1. The maximum Gasteiger partial charge on any atom is 0.260 e. The highest BCUT2D eigenvalue weighted by Gasteiger charge is 2.14. The molecule has 4 nitrogen and oxygen atoms in total. The van der Waals surface area contributed by atoms with Crippen molar-refractivity contribution in [3.05, 3.63) is 59.7 Å². The predicted molar refractivity (Wildman–Crippen MR) is 103 cm³/mol. The van der Waals surface area contributed by atoms with Crippen LogP contribution in [-0.4, -0.2) is 32.1 Å². The van der Waals surface area contributed by atoms with E-state index in [4.69, 9.17) is 4.74 Å². The lowest BCUT2D eigenvalue weighted by Gasteiger charge is -2.20. The lowest BCUT2D eigenvalue weighted by Crippen LogP contribution is -2.37. The molecule has 2 rings (SSSR count). The van der Waals surface area contributed by atoms with Crippen molar-refractivity contribution in [1.29, 1.82) is 0 Å². The van der Waals surface area contributed by atoms with Crippen LogP contribution in [0.1, 0.15) is 24.5 Å². The fourth-order valence-electron chi connectivity index (χ4n) is 2.74. The minimum atomic E-state index is -0.506. The first-order valence-corrected chi connectivity index (χ1v) is 8.74. The van der Waals surface area contributed by atoms with Gasteiger partial charge in [-0.1, -0.05) is 24.3 Å². The third-order valence-electron chi connectivity index (χ3n) is 4.04. The largest absolute Gasteiger partial charge is 0.481 e. The Morgan fingerprint density at radius 2 is 1.76 bits per heavy atom. The molecule has 134 valence electrons. The van der Waals surface area contributed by atoms with Crippen LogP contribution < -0.4 is 15.0 Å². The Morgan fingerprint density at radius 3 is 2.40 bits per heavy atom. The fourth-order valence-corrected chi connectivity index (χ4v) is 2.74. The van der Waals surface area contributed by atoms with Crippen molar-refractivity contribution in [3.8, 4) is 5.75 Å². The number of benzene rings is 2. The van der Waals surface area contributed by atoms with Crippen LogP contribution in [0.5, 0.6) is 5.75 Å². The van der Waals surface area contributed by atoms with E-state index in [9.17, 15) is 4.79 Å². The van der Waals surface area contributed by atoms with Crippen molar-refractivity contribution in [2.24, 2.45) is 0 Å². The summed E-state index contributed by atoms with van der Waals surface area (Å²) >= 11 is 0. The second-order valence-corrected chi connectivity index (χ2v) is 6.49. The zero-order valence-electron chi connectivity index (χ0n) is 15.6. The molecular weight excluding hydrogens is 312 g/mol. The molecule has 0 unspecified atom stereocenters. The summed E-state index contributed by atoms with van der Waals surface area (Å²) < 4.78 is 5.76. The van der Waals surface area contributed by atoms with Gasteiger partial charge in [0.2, 0.25) is 0 Å². The second-order valence-electron chi connectivity index (χ2n) is 6.49. The molecule has 1 atom stereocenters. The molecule has 0 aliphatic heterocycles. The van der Waals surface area contributed by atoms with E-state index in [-0.39, 0.29) is 5.91 Å². The van der Waals surface area contributed by atoms with Gasteiger partial charge in [0.05, 0.1) is 0 Å². The molecule has 0 spiro atoms. The van der Waals surface area contributed by atoms with Crippen LogP contribution in [0.25, 0.3) is 0 Å². The molecule has 25 heavy (non-hydrogen) atoms. The van der Waals surface area contributed by atoms with E-state index in [1.54, 1.807) is 6.92 Å². The number of carbonyl (C=O) groups excluding carboxylic acids is 1. The first kappa shape index (κ1) is 18.8. The summed E-state index contributed by atoms with van der Waals surface area (Å²) in [4.78, 5) is 14.4. The van der Waals surface area contributed by atoms with Crippen molar-refractivity contribution in [3.63, 3.8) is 0 Å². The van der Waals surface area contributed by atoms with E-state index in [1.807, 2.05) is 44.2 Å². The first-order chi connectivity index (χ1) is 12.0. The van der Waals surface area contributed by atoms with Gasteiger partial charge in [-0.25, -0.2) is 0 Å². The normalized spacial score (nSPS) is 11.7. The van der Waals surface area contributed by atoms with E-state index in [0.29, 0.717) is 6.54 Å². The molecular formula is C21H28N2O2. The van der Waals surface area contributed by atoms with Gasteiger partial charge in [-0.3, -0.25) is 4.79 Å². The Labute approximate surface area is 150 Å². The third kappa shape index (κ3) is 6.14. The molecule has 0 aromatic heterocycles. The highest BCUT2D eigenvalue weighted by atomic mass is 16.5. The Balaban J connectivity index is 1.72. The van der Waals surface area contributed by atoms with Crippen molar-refractivity contribution < 1.29 is 9.53 Å². The standard InChI is InChI=1S/C21H28N2O2/c1-16-13-17(2)15-20(14-16)25-18(3)21(24)22-11-8-12-23(4)19-9-6-5-7-10-19/h5-7,9-10,13-15,18H,8,11-12H2,1-4H3,(H,22,24)/t18-/m0/s1. The number of nitrogens with zero attached hydrogens (tertiary/aromatic N) is 1.